The van der Waals surface area contributed by atoms with Gasteiger partial charge in [-0.15, -0.1) is 0 Å². The predicted octanol–water partition coefficient (Wildman–Crippen LogP) is 3.36. The first kappa shape index (κ1) is 16.5. The first-order chi connectivity index (χ1) is 12.1. The number of anilines is 1. The van der Waals surface area contributed by atoms with Crippen LogP contribution in [0.15, 0.2) is 47.5 Å². The number of aryl methyl sites for hydroxylation is 1. The molecule has 2 aliphatic rings. The van der Waals surface area contributed by atoms with Gasteiger partial charge in [0, 0.05) is 19.3 Å². The molecule has 0 radical (unpaired) electrons. The molecule has 1 atom stereocenters. The average Bonchev–Trinajstić information content (AvgIpc) is 3.06. The monoisotopic (exact) mass is 357 g/mol. The van der Waals surface area contributed by atoms with Gasteiger partial charge in [-0.3, -0.25) is 0 Å². The molecule has 132 valence electrons. The quantitative estimate of drug-likeness (QED) is 0.911. The highest BCUT2D eigenvalue weighted by Crippen LogP contribution is 2.33. The Morgan fingerprint density at radius 3 is 2.60 bits per heavy atom. The summed E-state index contributed by atoms with van der Waals surface area (Å²) >= 11 is 0. The summed E-state index contributed by atoms with van der Waals surface area (Å²) in [4.78, 5) is 4.64. The van der Waals surface area contributed by atoms with E-state index >= 15 is 0 Å². The Morgan fingerprint density at radius 2 is 1.84 bits per heavy atom. The van der Waals surface area contributed by atoms with Gasteiger partial charge in [-0.25, -0.2) is 13.4 Å². The largest absolute Gasteiger partial charge is 0.363 e. The second-order valence-electron chi connectivity index (χ2n) is 6.78. The van der Waals surface area contributed by atoms with Crippen LogP contribution < -0.4 is 5.32 Å². The van der Waals surface area contributed by atoms with Gasteiger partial charge in [0.2, 0.25) is 10.0 Å². The van der Waals surface area contributed by atoms with E-state index in [0.717, 1.165) is 37.9 Å². The third-order valence-electron chi connectivity index (χ3n) is 5.14. The second kappa shape index (κ2) is 6.77. The van der Waals surface area contributed by atoms with Crippen molar-refractivity contribution in [1.82, 2.24) is 9.29 Å². The van der Waals surface area contributed by atoms with Crippen LogP contribution in [0.5, 0.6) is 0 Å². The van der Waals surface area contributed by atoms with Gasteiger partial charge in [-0.05, 0) is 48.9 Å². The molecule has 1 saturated heterocycles. The topological polar surface area (TPSA) is 62.3 Å². The van der Waals surface area contributed by atoms with Crippen LogP contribution in [-0.4, -0.2) is 30.8 Å². The number of nitrogens with one attached hydrogen (secondary N) is 1. The number of hydrogen-bond donors (Lipinski definition) is 1. The van der Waals surface area contributed by atoms with Crippen LogP contribution >= 0.6 is 0 Å². The molecule has 2 aromatic rings. The number of aromatic nitrogens is 1. The van der Waals surface area contributed by atoms with Crippen LogP contribution in [0.3, 0.4) is 0 Å². The molecule has 1 unspecified atom stereocenters. The molecule has 6 heteroatoms. The summed E-state index contributed by atoms with van der Waals surface area (Å²) in [7, 11) is -3.41. The molecule has 2 heterocycles. The highest BCUT2D eigenvalue weighted by molar-refractivity contribution is 7.89. The fourth-order valence-electron chi connectivity index (χ4n) is 3.76. The fraction of sp³-hybridized carbons (Fsp3) is 0.421. The van der Waals surface area contributed by atoms with Crippen LogP contribution in [0, 0.1) is 0 Å². The molecule has 0 spiro atoms. The summed E-state index contributed by atoms with van der Waals surface area (Å²) in [5.74, 6) is 0.722. The van der Waals surface area contributed by atoms with Crippen molar-refractivity contribution in [3.63, 3.8) is 0 Å². The number of hydrogen-bond acceptors (Lipinski definition) is 4. The van der Waals surface area contributed by atoms with E-state index in [9.17, 15) is 8.42 Å². The smallest absolute Gasteiger partial charge is 0.244 e. The summed E-state index contributed by atoms with van der Waals surface area (Å²) in [5, 5.41) is 3.44. The lowest BCUT2D eigenvalue weighted by Crippen LogP contribution is -2.35. The van der Waals surface area contributed by atoms with Crippen molar-refractivity contribution in [2.45, 2.75) is 43.0 Å². The van der Waals surface area contributed by atoms with Crippen molar-refractivity contribution >= 4 is 15.8 Å². The van der Waals surface area contributed by atoms with Crippen LogP contribution in [0.25, 0.3) is 0 Å². The lowest BCUT2D eigenvalue weighted by atomic mass is 10.1. The van der Waals surface area contributed by atoms with E-state index in [2.05, 4.69) is 34.6 Å². The highest BCUT2D eigenvalue weighted by Gasteiger charge is 2.26. The van der Waals surface area contributed by atoms with Gasteiger partial charge in [0.1, 0.15) is 10.7 Å². The fourth-order valence-corrected chi connectivity index (χ4v) is 5.22. The van der Waals surface area contributed by atoms with Crippen molar-refractivity contribution < 1.29 is 8.42 Å². The SMILES string of the molecule is O=S(=O)(c1ccc(NC2CCc3ccccc32)nc1)N1CCCCC1. The summed E-state index contributed by atoms with van der Waals surface area (Å²) in [6, 6.07) is 12.1. The predicted molar refractivity (Wildman–Crippen MR) is 98.0 cm³/mol. The Labute approximate surface area is 149 Å². The van der Waals surface area contributed by atoms with Crippen molar-refractivity contribution in [3.05, 3.63) is 53.7 Å². The number of nitrogens with zero attached hydrogens (tertiary/aromatic N) is 2. The van der Waals surface area contributed by atoms with Gasteiger partial charge in [-0.2, -0.15) is 4.31 Å². The first-order valence-corrected chi connectivity index (χ1v) is 10.4. The molecule has 1 aliphatic heterocycles. The second-order valence-corrected chi connectivity index (χ2v) is 8.72. The molecule has 0 bridgehead atoms. The van der Waals surface area contributed by atoms with Crippen molar-refractivity contribution in [3.8, 4) is 0 Å². The van der Waals surface area contributed by atoms with E-state index in [1.54, 1.807) is 16.4 Å². The number of fused-ring (bicyclic) bond motifs is 1. The zero-order chi connectivity index (χ0) is 17.3. The van der Waals surface area contributed by atoms with Crippen LogP contribution in [0.1, 0.15) is 42.9 Å². The van der Waals surface area contributed by atoms with Crippen LogP contribution in [-0.2, 0) is 16.4 Å². The standard InChI is InChI=1S/C19H23N3O2S/c23-25(24,22-12-4-1-5-13-22)16-9-11-19(20-14-16)21-18-10-8-15-6-2-3-7-17(15)18/h2-3,6-7,9,11,14,18H,1,4-5,8,10,12-13H2,(H,20,21). The van der Waals surface area contributed by atoms with Crippen molar-refractivity contribution in [2.75, 3.05) is 18.4 Å². The van der Waals surface area contributed by atoms with Gasteiger partial charge in [0.25, 0.3) is 0 Å². The molecular formula is C19H23N3O2S. The number of piperidine rings is 1. The molecule has 0 amide bonds. The molecule has 0 saturated carbocycles. The van der Waals surface area contributed by atoms with E-state index in [4.69, 9.17) is 0 Å². The zero-order valence-corrected chi connectivity index (χ0v) is 15.0. The maximum atomic E-state index is 12.7. The minimum absolute atomic E-state index is 0.244. The normalized spacial score (nSPS) is 21.0. The molecule has 1 fully saturated rings. The van der Waals surface area contributed by atoms with Gasteiger partial charge in [0.05, 0.1) is 6.04 Å². The van der Waals surface area contributed by atoms with E-state index in [-0.39, 0.29) is 10.9 Å². The van der Waals surface area contributed by atoms with Gasteiger partial charge in [0.15, 0.2) is 0 Å². The minimum Gasteiger partial charge on any atom is -0.363 e. The number of rotatable bonds is 4. The third-order valence-corrected chi connectivity index (χ3v) is 7.03. The minimum atomic E-state index is -3.41. The summed E-state index contributed by atoms with van der Waals surface area (Å²) < 4.78 is 26.9. The molecule has 4 rings (SSSR count). The molecule has 5 nitrogen and oxygen atoms in total. The summed E-state index contributed by atoms with van der Waals surface area (Å²) in [6.07, 6.45) is 6.56. The Kier molecular flexibility index (Phi) is 4.48. The third kappa shape index (κ3) is 3.28. The molecule has 1 N–H and O–H groups in total. The van der Waals surface area contributed by atoms with Gasteiger partial charge < -0.3 is 5.32 Å². The molecule has 1 aliphatic carbocycles. The Balaban J connectivity index is 1.49. The summed E-state index contributed by atoms with van der Waals surface area (Å²) in [6.45, 7) is 1.22. The lowest BCUT2D eigenvalue weighted by molar-refractivity contribution is 0.346. The first-order valence-electron chi connectivity index (χ1n) is 8.95. The summed E-state index contributed by atoms with van der Waals surface area (Å²) in [5.41, 5.74) is 2.69. The Bertz CT molecular complexity index is 843. The molecule has 1 aromatic heterocycles. The van der Waals surface area contributed by atoms with Crippen molar-refractivity contribution in [1.29, 1.82) is 0 Å². The van der Waals surface area contributed by atoms with Gasteiger partial charge in [-0.1, -0.05) is 30.7 Å². The van der Waals surface area contributed by atoms with E-state index < -0.39 is 10.0 Å². The highest BCUT2D eigenvalue weighted by atomic mass is 32.2. The van der Waals surface area contributed by atoms with Crippen molar-refractivity contribution in [2.24, 2.45) is 0 Å². The van der Waals surface area contributed by atoms with E-state index in [1.165, 1.54) is 17.3 Å². The number of pyridine rings is 1. The van der Waals surface area contributed by atoms with E-state index in [1.807, 2.05) is 0 Å². The van der Waals surface area contributed by atoms with Crippen LogP contribution in [0.4, 0.5) is 5.82 Å². The average molecular weight is 357 g/mol. The Hall–Kier alpha value is -1.92. The number of benzene rings is 1. The molecule has 1 aromatic carbocycles. The number of sulfonamides is 1. The molecular weight excluding hydrogens is 334 g/mol. The van der Waals surface area contributed by atoms with Gasteiger partial charge >= 0.3 is 0 Å². The zero-order valence-electron chi connectivity index (χ0n) is 14.2. The Morgan fingerprint density at radius 1 is 1.04 bits per heavy atom. The van der Waals surface area contributed by atoms with E-state index in [0.29, 0.717) is 13.1 Å². The lowest BCUT2D eigenvalue weighted by Gasteiger charge is -2.25. The molecule has 25 heavy (non-hydrogen) atoms. The maximum absolute atomic E-state index is 12.7. The van der Waals surface area contributed by atoms with Crippen LogP contribution in [0.2, 0.25) is 0 Å². The maximum Gasteiger partial charge on any atom is 0.244 e.